The molecule has 1 saturated heterocycles. The molecular formula is C22H32N4OS2. The van der Waals surface area contributed by atoms with E-state index < -0.39 is 0 Å². The second-order valence-corrected chi connectivity index (χ2v) is 11.5. The third-order valence-electron chi connectivity index (χ3n) is 6.40. The Morgan fingerprint density at radius 1 is 1.24 bits per heavy atom. The summed E-state index contributed by atoms with van der Waals surface area (Å²) in [6.07, 6.45) is 7.11. The molecule has 0 bridgehead atoms. The maximum atomic E-state index is 12.5. The van der Waals surface area contributed by atoms with E-state index in [1.807, 2.05) is 27.9 Å². The molecule has 1 unspecified atom stereocenters. The first-order valence-electron chi connectivity index (χ1n) is 10.7. The molecule has 1 aliphatic carbocycles. The molecule has 4 rings (SSSR count). The number of carbonyl (C=O) groups excluding carboxylic acids is 1. The summed E-state index contributed by atoms with van der Waals surface area (Å²) < 4.78 is 2.05. The largest absolute Gasteiger partial charge is 0.342 e. The molecule has 1 atom stereocenters. The topological polar surface area (TPSA) is 51.0 Å². The van der Waals surface area contributed by atoms with Crippen molar-refractivity contribution in [3.05, 3.63) is 16.5 Å². The maximum absolute atomic E-state index is 12.5. The van der Waals surface area contributed by atoms with E-state index in [1.54, 1.807) is 0 Å². The average molecular weight is 433 g/mol. The summed E-state index contributed by atoms with van der Waals surface area (Å²) in [6, 6.07) is 2.33. The summed E-state index contributed by atoms with van der Waals surface area (Å²) in [5.74, 6) is 2.33. The van der Waals surface area contributed by atoms with Gasteiger partial charge in [-0.05, 0) is 61.5 Å². The number of rotatable bonds is 4. The summed E-state index contributed by atoms with van der Waals surface area (Å²) in [7, 11) is 2.01. The van der Waals surface area contributed by atoms with Gasteiger partial charge in [0, 0.05) is 25.0 Å². The number of aromatic nitrogens is 3. The number of aryl methyl sites for hydroxylation is 1. The lowest BCUT2D eigenvalue weighted by molar-refractivity contribution is -0.129. The van der Waals surface area contributed by atoms with Crippen molar-refractivity contribution in [2.45, 2.75) is 64.5 Å². The summed E-state index contributed by atoms with van der Waals surface area (Å²) in [5.41, 5.74) is 1.85. The number of likely N-dealkylation sites (tertiary alicyclic amines) is 1. The monoisotopic (exact) mass is 432 g/mol. The van der Waals surface area contributed by atoms with Gasteiger partial charge in [-0.15, -0.1) is 21.5 Å². The SMILES string of the molecule is Cn1c(SCC(=O)N2CCCCC2)nnc1-c1cc2c(s1)CCC(C(C)(C)C)C2. The summed E-state index contributed by atoms with van der Waals surface area (Å²) in [5, 5.41) is 9.67. The Balaban J connectivity index is 1.44. The van der Waals surface area contributed by atoms with Crippen LogP contribution in [0.25, 0.3) is 10.7 Å². The van der Waals surface area contributed by atoms with Crippen LogP contribution in [-0.4, -0.2) is 44.4 Å². The van der Waals surface area contributed by atoms with Crippen molar-refractivity contribution < 1.29 is 4.79 Å². The Morgan fingerprint density at radius 2 is 2.00 bits per heavy atom. The fourth-order valence-corrected chi connectivity index (χ4v) is 6.43. The lowest BCUT2D eigenvalue weighted by atomic mass is 9.72. The van der Waals surface area contributed by atoms with Gasteiger partial charge in [-0.3, -0.25) is 4.79 Å². The molecule has 158 valence electrons. The van der Waals surface area contributed by atoms with Crippen molar-refractivity contribution in [1.82, 2.24) is 19.7 Å². The van der Waals surface area contributed by atoms with Crippen LogP contribution in [0.1, 0.15) is 56.9 Å². The molecule has 7 heteroatoms. The first-order chi connectivity index (χ1) is 13.8. The minimum absolute atomic E-state index is 0.221. The number of thiophene rings is 1. The van der Waals surface area contributed by atoms with Gasteiger partial charge in [-0.2, -0.15) is 0 Å². The van der Waals surface area contributed by atoms with Crippen molar-refractivity contribution in [1.29, 1.82) is 0 Å². The molecule has 0 aromatic carbocycles. The highest BCUT2D eigenvalue weighted by Crippen LogP contribution is 2.42. The van der Waals surface area contributed by atoms with Crippen LogP contribution < -0.4 is 0 Å². The highest BCUT2D eigenvalue weighted by Gasteiger charge is 2.30. The molecule has 2 aromatic heterocycles. The van der Waals surface area contributed by atoms with E-state index in [-0.39, 0.29) is 5.91 Å². The Morgan fingerprint density at radius 3 is 2.72 bits per heavy atom. The normalized spacial score (nSPS) is 20.0. The second kappa shape index (κ2) is 8.42. The van der Waals surface area contributed by atoms with E-state index in [0.29, 0.717) is 11.2 Å². The number of amides is 1. The molecule has 2 aromatic rings. The second-order valence-electron chi connectivity index (χ2n) is 9.46. The Bertz CT molecular complexity index is 874. The zero-order valence-corrected chi connectivity index (χ0v) is 19.7. The number of nitrogens with zero attached hydrogens (tertiary/aromatic N) is 4. The summed E-state index contributed by atoms with van der Waals surface area (Å²) in [4.78, 5) is 17.2. The molecule has 2 aliphatic rings. The van der Waals surface area contributed by atoms with Crippen LogP contribution in [0.2, 0.25) is 0 Å². The first kappa shape index (κ1) is 20.9. The molecule has 5 nitrogen and oxygen atoms in total. The van der Waals surface area contributed by atoms with Gasteiger partial charge in [-0.25, -0.2) is 0 Å². The van der Waals surface area contributed by atoms with Gasteiger partial charge in [0.2, 0.25) is 5.91 Å². The molecule has 0 saturated carbocycles. The van der Waals surface area contributed by atoms with Gasteiger partial charge in [0.05, 0.1) is 10.6 Å². The van der Waals surface area contributed by atoms with Gasteiger partial charge < -0.3 is 9.47 Å². The Hall–Kier alpha value is -1.34. The fourth-order valence-electron chi connectivity index (χ4n) is 4.39. The third-order valence-corrected chi connectivity index (χ3v) is 8.63. The lowest BCUT2D eigenvalue weighted by Gasteiger charge is -2.33. The van der Waals surface area contributed by atoms with Crippen LogP contribution in [0.15, 0.2) is 11.2 Å². The zero-order valence-electron chi connectivity index (χ0n) is 18.0. The minimum atomic E-state index is 0.221. The molecule has 0 N–H and O–H groups in total. The van der Waals surface area contributed by atoms with E-state index in [9.17, 15) is 4.79 Å². The number of thioether (sulfide) groups is 1. The van der Waals surface area contributed by atoms with Crippen molar-refractivity contribution in [3.63, 3.8) is 0 Å². The molecule has 0 radical (unpaired) electrons. The van der Waals surface area contributed by atoms with Crippen molar-refractivity contribution >= 4 is 29.0 Å². The number of fused-ring (bicyclic) bond motifs is 1. The van der Waals surface area contributed by atoms with Crippen molar-refractivity contribution in [2.75, 3.05) is 18.8 Å². The lowest BCUT2D eigenvalue weighted by Crippen LogP contribution is -2.36. The molecule has 29 heavy (non-hydrogen) atoms. The summed E-state index contributed by atoms with van der Waals surface area (Å²) in [6.45, 7) is 8.87. The highest BCUT2D eigenvalue weighted by atomic mass is 32.2. The molecule has 0 spiro atoms. The fraction of sp³-hybridized carbons (Fsp3) is 0.682. The van der Waals surface area contributed by atoms with Crippen LogP contribution in [0, 0.1) is 11.3 Å². The van der Waals surface area contributed by atoms with Gasteiger partial charge in [0.25, 0.3) is 0 Å². The van der Waals surface area contributed by atoms with Gasteiger partial charge >= 0.3 is 0 Å². The van der Waals surface area contributed by atoms with E-state index >= 15 is 0 Å². The molecule has 3 heterocycles. The zero-order chi connectivity index (χ0) is 20.6. The van der Waals surface area contributed by atoms with Crippen molar-refractivity contribution in [3.8, 4) is 10.7 Å². The highest BCUT2D eigenvalue weighted by molar-refractivity contribution is 7.99. The molecular weight excluding hydrogens is 400 g/mol. The summed E-state index contributed by atoms with van der Waals surface area (Å²) >= 11 is 3.37. The Labute approximate surface area is 182 Å². The van der Waals surface area contributed by atoms with Gasteiger partial charge in [0.1, 0.15) is 0 Å². The van der Waals surface area contributed by atoms with Gasteiger partial charge in [-0.1, -0.05) is 32.5 Å². The van der Waals surface area contributed by atoms with Crippen LogP contribution >= 0.6 is 23.1 Å². The third kappa shape index (κ3) is 4.55. The number of piperidine rings is 1. The van der Waals surface area contributed by atoms with Gasteiger partial charge in [0.15, 0.2) is 11.0 Å². The first-order valence-corrected chi connectivity index (χ1v) is 12.5. The van der Waals surface area contributed by atoms with E-state index in [0.717, 1.165) is 42.8 Å². The predicted molar refractivity (Wildman–Crippen MR) is 120 cm³/mol. The number of carbonyl (C=O) groups is 1. The standard InChI is InChI=1S/C22H32N4OS2/c1-22(2,3)16-8-9-17-15(12-16)13-18(29-17)20-23-24-21(25(20)4)28-14-19(27)26-10-6-5-7-11-26/h13,16H,5-12,14H2,1-4H3. The van der Waals surface area contributed by atoms with E-state index in [1.165, 1.54) is 52.8 Å². The minimum Gasteiger partial charge on any atom is -0.342 e. The maximum Gasteiger partial charge on any atom is 0.233 e. The number of hydrogen-bond donors (Lipinski definition) is 0. The van der Waals surface area contributed by atoms with Crippen LogP contribution in [0.4, 0.5) is 0 Å². The molecule has 1 amide bonds. The van der Waals surface area contributed by atoms with Crippen LogP contribution in [0.3, 0.4) is 0 Å². The van der Waals surface area contributed by atoms with E-state index in [4.69, 9.17) is 0 Å². The molecule has 1 aliphatic heterocycles. The quantitative estimate of drug-likeness (QED) is 0.651. The Kier molecular flexibility index (Phi) is 6.07. The molecule has 1 fully saturated rings. The van der Waals surface area contributed by atoms with E-state index in [2.05, 4.69) is 37.0 Å². The average Bonchev–Trinajstić information content (AvgIpc) is 3.28. The number of hydrogen-bond acceptors (Lipinski definition) is 5. The predicted octanol–water partition coefficient (Wildman–Crippen LogP) is 4.80. The van der Waals surface area contributed by atoms with Crippen LogP contribution in [0.5, 0.6) is 0 Å². The van der Waals surface area contributed by atoms with Crippen molar-refractivity contribution in [2.24, 2.45) is 18.4 Å². The van der Waals surface area contributed by atoms with Crippen LogP contribution in [-0.2, 0) is 24.7 Å². The smallest absolute Gasteiger partial charge is 0.233 e.